The molecular weight excluding hydrogens is 222 g/mol. The molecular formula is C15H21N3. The minimum Gasteiger partial charge on any atom is -0.361 e. The second-order valence-electron chi connectivity index (χ2n) is 5.45. The Hall–Kier alpha value is -1.32. The molecule has 0 bridgehead atoms. The predicted molar refractivity (Wildman–Crippen MR) is 75.8 cm³/mol. The van der Waals surface area contributed by atoms with Gasteiger partial charge in [0.25, 0.3) is 0 Å². The van der Waals surface area contributed by atoms with Crippen LogP contribution in [0.5, 0.6) is 0 Å². The van der Waals surface area contributed by atoms with Gasteiger partial charge in [-0.1, -0.05) is 12.1 Å². The molecule has 0 radical (unpaired) electrons. The van der Waals surface area contributed by atoms with E-state index in [1.54, 1.807) is 0 Å². The summed E-state index contributed by atoms with van der Waals surface area (Å²) in [6.07, 6.45) is 2.16. The standard InChI is InChI=1S/C15H21N3/c1-11-3-4-14-13(8-17-15(14)7-11)10-18-6-5-16-12(2)9-18/h3-4,7-8,12,16-17H,5-6,9-10H2,1-2H3/t12-/m0/s1. The first kappa shape index (κ1) is 11.8. The molecule has 1 atom stereocenters. The molecule has 1 saturated heterocycles. The number of piperazine rings is 1. The van der Waals surface area contributed by atoms with E-state index in [9.17, 15) is 0 Å². The Morgan fingerprint density at radius 3 is 3.11 bits per heavy atom. The molecule has 3 rings (SSSR count). The number of nitrogens with zero attached hydrogens (tertiary/aromatic N) is 1. The zero-order valence-corrected chi connectivity index (χ0v) is 11.2. The molecule has 1 aliphatic rings. The SMILES string of the molecule is Cc1ccc2c(CN3CCN[C@@H](C)C3)c[nH]c2c1. The van der Waals surface area contributed by atoms with Crippen molar-refractivity contribution in [2.45, 2.75) is 26.4 Å². The molecule has 0 amide bonds. The van der Waals surface area contributed by atoms with Gasteiger partial charge in [-0.3, -0.25) is 4.90 Å². The van der Waals surface area contributed by atoms with Crippen molar-refractivity contribution in [2.75, 3.05) is 19.6 Å². The Morgan fingerprint density at radius 1 is 1.39 bits per heavy atom. The van der Waals surface area contributed by atoms with Crippen molar-refractivity contribution in [2.24, 2.45) is 0 Å². The van der Waals surface area contributed by atoms with Gasteiger partial charge in [-0.05, 0) is 31.0 Å². The highest BCUT2D eigenvalue weighted by atomic mass is 15.2. The Labute approximate surface area is 108 Å². The van der Waals surface area contributed by atoms with E-state index in [0.717, 1.165) is 26.2 Å². The van der Waals surface area contributed by atoms with Crippen molar-refractivity contribution in [3.05, 3.63) is 35.5 Å². The van der Waals surface area contributed by atoms with Crippen molar-refractivity contribution < 1.29 is 0 Å². The minimum absolute atomic E-state index is 0.603. The van der Waals surface area contributed by atoms with Gasteiger partial charge in [-0.15, -0.1) is 0 Å². The predicted octanol–water partition coefficient (Wildman–Crippen LogP) is 2.27. The lowest BCUT2D eigenvalue weighted by molar-refractivity contribution is 0.200. The van der Waals surface area contributed by atoms with Gasteiger partial charge in [0, 0.05) is 49.3 Å². The summed E-state index contributed by atoms with van der Waals surface area (Å²) >= 11 is 0. The first-order valence-electron chi connectivity index (χ1n) is 6.75. The summed E-state index contributed by atoms with van der Waals surface area (Å²) in [7, 11) is 0. The van der Waals surface area contributed by atoms with E-state index in [2.05, 4.69) is 53.4 Å². The fraction of sp³-hybridized carbons (Fsp3) is 0.467. The van der Waals surface area contributed by atoms with Crippen molar-refractivity contribution in [1.82, 2.24) is 15.2 Å². The zero-order chi connectivity index (χ0) is 12.5. The van der Waals surface area contributed by atoms with Crippen LogP contribution >= 0.6 is 0 Å². The maximum Gasteiger partial charge on any atom is 0.0459 e. The number of H-pyrrole nitrogens is 1. The van der Waals surface area contributed by atoms with Gasteiger partial charge in [0.15, 0.2) is 0 Å². The maximum absolute atomic E-state index is 3.49. The average molecular weight is 243 g/mol. The molecule has 2 N–H and O–H groups in total. The lowest BCUT2D eigenvalue weighted by Crippen LogP contribution is -2.48. The van der Waals surface area contributed by atoms with E-state index in [0.29, 0.717) is 6.04 Å². The monoisotopic (exact) mass is 243 g/mol. The van der Waals surface area contributed by atoms with Gasteiger partial charge < -0.3 is 10.3 Å². The van der Waals surface area contributed by atoms with Gasteiger partial charge in [0.2, 0.25) is 0 Å². The number of aromatic amines is 1. The molecule has 1 aromatic carbocycles. The Bertz CT molecular complexity index is 544. The van der Waals surface area contributed by atoms with Crippen molar-refractivity contribution in [3.63, 3.8) is 0 Å². The third-order valence-electron chi connectivity index (χ3n) is 3.77. The van der Waals surface area contributed by atoms with Crippen molar-refractivity contribution >= 4 is 10.9 Å². The van der Waals surface area contributed by atoms with E-state index in [1.165, 1.54) is 22.0 Å². The highest BCUT2D eigenvalue weighted by Crippen LogP contribution is 2.21. The highest BCUT2D eigenvalue weighted by molar-refractivity contribution is 5.83. The molecule has 3 heteroatoms. The summed E-state index contributed by atoms with van der Waals surface area (Å²) in [5, 5.41) is 4.85. The number of nitrogens with one attached hydrogen (secondary N) is 2. The van der Waals surface area contributed by atoms with Crippen LogP contribution in [0, 0.1) is 6.92 Å². The second-order valence-corrected chi connectivity index (χ2v) is 5.45. The van der Waals surface area contributed by atoms with Crippen molar-refractivity contribution in [1.29, 1.82) is 0 Å². The van der Waals surface area contributed by atoms with Crippen LogP contribution in [0.4, 0.5) is 0 Å². The average Bonchev–Trinajstić information content (AvgIpc) is 2.72. The number of fused-ring (bicyclic) bond motifs is 1. The minimum atomic E-state index is 0.603. The summed E-state index contributed by atoms with van der Waals surface area (Å²) in [5.74, 6) is 0. The number of hydrogen-bond donors (Lipinski definition) is 2. The normalized spacial score (nSPS) is 21.6. The Morgan fingerprint density at radius 2 is 2.28 bits per heavy atom. The lowest BCUT2D eigenvalue weighted by atomic mass is 10.1. The highest BCUT2D eigenvalue weighted by Gasteiger charge is 2.16. The summed E-state index contributed by atoms with van der Waals surface area (Å²) < 4.78 is 0. The molecule has 0 unspecified atom stereocenters. The topological polar surface area (TPSA) is 31.1 Å². The van der Waals surface area contributed by atoms with E-state index in [-0.39, 0.29) is 0 Å². The van der Waals surface area contributed by atoms with E-state index < -0.39 is 0 Å². The molecule has 2 heterocycles. The quantitative estimate of drug-likeness (QED) is 0.848. The van der Waals surface area contributed by atoms with Crippen molar-refractivity contribution in [3.8, 4) is 0 Å². The molecule has 0 spiro atoms. The van der Waals surface area contributed by atoms with Crippen LogP contribution in [-0.4, -0.2) is 35.6 Å². The van der Waals surface area contributed by atoms with Crippen LogP contribution in [0.3, 0.4) is 0 Å². The number of aromatic nitrogens is 1. The van der Waals surface area contributed by atoms with E-state index in [4.69, 9.17) is 0 Å². The maximum atomic E-state index is 3.49. The third kappa shape index (κ3) is 2.28. The molecule has 96 valence electrons. The number of rotatable bonds is 2. The second kappa shape index (κ2) is 4.75. The first-order chi connectivity index (χ1) is 8.72. The van der Waals surface area contributed by atoms with Crippen LogP contribution in [-0.2, 0) is 6.54 Å². The van der Waals surface area contributed by atoms with Crippen LogP contribution in [0.15, 0.2) is 24.4 Å². The largest absolute Gasteiger partial charge is 0.361 e. The molecule has 1 aliphatic heterocycles. The smallest absolute Gasteiger partial charge is 0.0459 e. The van der Waals surface area contributed by atoms with Gasteiger partial charge in [0.1, 0.15) is 0 Å². The number of hydrogen-bond acceptors (Lipinski definition) is 2. The number of aryl methyl sites for hydroxylation is 1. The molecule has 3 nitrogen and oxygen atoms in total. The van der Waals surface area contributed by atoms with Gasteiger partial charge in [0.05, 0.1) is 0 Å². The van der Waals surface area contributed by atoms with Gasteiger partial charge in [-0.2, -0.15) is 0 Å². The molecule has 1 fully saturated rings. The van der Waals surface area contributed by atoms with Crippen LogP contribution in [0.25, 0.3) is 10.9 Å². The third-order valence-corrected chi connectivity index (χ3v) is 3.77. The van der Waals surface area contributed by atoms with Crippen LogP contribution < -0.4 is 5.32 Å². The van der Waals surface area contributed by atoms with Gasteiger partial charge >= 0.3 is 0 Å². The van der Waals surface area contributed by atoms with Crippen LogP contribution in [0.1, 0.15) is 18.1 Å². The molecule has 0 aliphatic carbocycles. The number of benzene rings is 1. The van der Waals surface area contributed by atoms with Crippen LogP contribution in [0.2, 0.25) is 0 Å². The molecule has 1 aromatic heterocycles. The lowest BCUT2D eigenvalue weighted by Gasteiger charge is -2.31. The molecule has 18 heavy (non-hydrogen) atoms. The molecule has 0 saturated carbocycles. The fourth-order valence-electron chi connectivity index (χ4n) is 2.83. The summed E-state index contributed by atoms with van der Waals surface area (Å²) in [5.41, 5.74) is 3.99. The summed E-state index contributed by atoms with van der Waals surface area (Å²) in [6.45, 7) is 8.82. The van der Waals surface area contributed by atoms with E-state index in [1.807, 2.05) is 0 Å². The summed E-state index contributed by atoms with van der Waals surface area (Å²) in [4.78, 5) is 5.92. The van der Waals surface area contributed by atoms with E-state index >= 15 is 0 Å². The molecule has 2 aromatic rings. The fourth-order valence-corrected chi connectivity index (χ4v) is 2.83. The zero-order valence-electron chi connectivity index (χ0n) is 11.2. The van der Waals surface area contributed by atoms with Gasteiger partial charge in [-0.25, -0.2) is 0 Å². The first-order valence-corrected chi connectivity index (χ1v) is 6.75. The Kier molecular flexibility index (Phi) is 3.10. The Balaban J connectivity index is 1.82. The summed E-state index contributed by atoms with van der Waals surface area (Å²) in [6, 6.07) is 7.26.